The van der Waals surface area contributed by atoms with Gasteiger partial charge in [0.15, 0.2) is 0 Å². The lowest BCUT2D eigenvalue weighted by Crippen LogP contribution is -2.36. The van der Waals surface area contributed by atoms with Crippen LogP contribution in [0.4, 0.5) is 8.78 Å². The van der Waals surface area contributed by atoms with Crippen molar-refractivity contribution >= 4 is 0 Å². The highest BCUT2D eigenvalue weighted by molar-refractivity contribution is 5.16. The highest BCUT2D eigenvalue weighted by Crippen LogP contribution is 2.26. The van der Waals surface area contributed by atoms with Gasteiger partial charge in [-0.15, -0.1) is 0 Å². The fourth-order valence-electron chi connectivity index (χ4n) is 3.51. The molecule has 0 aliphatic carbocycles. The van der Waals surface area contributed by atoms with E-state index in [4.69, 9.17) is 0 Å². The lowest BCUT2D eigenvalue weighted by Gasteiger charge is -2.33. The molecule has 0 amide bonds. The van der Waals surface area contributed by atoms with Crippen LogP contribution in [-0.4, -0.2) is 24.2 Å². The molecule has 24 heavy (non-hydrogen) atoms. The Labute approximate surface area is 143 Å². The fourth-order valence-corrected chi connectivity index (χ4v) is 3.51. The maximum absolute atomic E-state index is 14.5. The van der Waals surface area contributed by atoms with Crippen LogP contribution in [0.3, 0.4) is 0 Å². The molecule has 1 saturated heterocycles. The molecule has 0 radical (unpaired) electrons. The van der Waals surface area contributed by atoms with Crippen LogP contribution in [-0.2, 0) is 13.0 Å². The van der Waals surface area contributed by atoms with Gasteiger partial charge in [-0.3, -0.25) is 4.90 Å². The molecule has 1 aliphatic rings. The summed E-state index contributed by atoms with van der Waals surface area (Å²) in [5.41, 5.74) is 2.34. The number of benzene rings is 2. The van der Waals surface area contributed by atoms with Crippen molar-refractivity contribution in [1.29, 1.82) is 0 Å². The molecular weight excluding hydrogens is 304 g/mol. The number of hydrogen-bond donors (Lipinski definition) is 0. The third-order valence-electron chi connectivity index (χ3n) is 5.01. The Morgan fingerprint density at radius 1 is 0.917 bits per heavy atom. The molecule has 0 bridgehead atoms. The number of aryl methyl sites for hydroxylation is 1. The SMILES string of the molecule is Fc1ccc(CCC(F)C2CCN(Cc3ccccc3)CC2)cc1. The van der Waals surface area contributed by atoms with Crippen LogP contribution in [0.2, 0.25) is 0 Å². The zero-order valence-electron chi connectivity index (χ0n) is 14.0. The summed E-state index contributed by atoms with van der Waals surface area (Å²) in [7, 11) is 0. The van der Waals surface area contributed by atoms with Crippen LogP contribution in [0.15, 0.2) is 54.6 Å². The summed E-state index contributed by atoms with van der Waals surface area (Å²) in [6.45, 7) is 2.90. The molecule has 1 heterocycles. The normalized spacial score (nSPS) is 17.8. The van der Waals surface area contributed by atoms with E-state index < -0.39 is 6.17 Å². The van der Waals surface area contributed by atoms with Crippen LogP contribution in [0.5, 0.6) is 0 Å². The second kappa shape index (κ2) is 8.39. The molecule has 1 aliphatic heterocycles. The van der Waals surface area contributed by atoms with Crippen molar-refractivity contribution in [2.75, 3.05) is 13.1 Å². The van der Waals surface area contributed by atoms with Crippen molar-refractivity contribution in [2.45, 2.75) is 38.4 Å². The third kappa shape index (κ3) is 4.88. The van der Waals surface area contributed by atoms with E-state index in [9.17, 15) is 8.78 Å². The molecule has 1 atom stereocenters. The smallest absolute Gasteiger partial charge is 0.123 e. The van der Waals surface area contributed by atoms with Gasteiger partial charge in [0, 0.05) is 6.54 Å². The summed E-state index contributed by atoms with van der Waals surface area (Å²) in [6.07, 6.45) is 2.32. The predicted molar refractivity (Wildman–Crippen MR) is 94.1 cm³/mol. The summed E-state index contributed by atoms with van der Waals surface area (Å²) in [4.78, 5) is 2.42. The molecule has 128 valence electrons. The van der Waals surface area contributed by atoms with E-state index in [0.29, 0.717) is 12.8 Å². The summed E-state index contributed by atoms with van der Waals surface area (Å²) < 4.78 is 27.4. The Morgan fingerprint density at radius 2 is 1.58 bits per heavy atom. The summed E-state index contributed by atoms with van der Waals surface area (Å²) in [5, 5.41) is 0. The van der Waals surface area contributed by atoms with Gasteiger partial charge in [0.1, 0.15) is 12.0 Å². The quantitative estimate of drug-likeness (QED) is 0.720. The molecule has 1 nitrogen and oxygen atoms in total. The first kappa shape index (κ1) is 17.1. The van der Waals surface area contributed by atoms with Gasteiger partial charge >= 0.3 is 0 Å². The molecule has 2 aromatic carbocycles. The van der Waals surface area contributed by atoms with E-state index in [-0.39, 0.29) is 11.7 Å². The number of piperidine rings is 1. The molecule has 2 aromatic rings. The zero-order valence-corrected chi connectivity index (χ0v) is 14.0. The summed E-state index contributed by atoms with van der Waals surface area (Å²) >= 11 is 0. The van der Waals surface area contributed by atoms with E-state index in [2.05, 4.69) is 29.2 Å². The van der Waals surface area contributed by atoms with Crippen LogP contribution in [0.25, 0.3) is 0 Å². The van der Waals surface area contributed by atoms with Crippen LogP contribution in [0.1, 0.15) is 30.4 Å². The van der Waals surface area contributed by atoms with Crippen LogP contribution < -0.4 is 0 Å². The van der Waals surface area contributed by atoms with E-state index in [1.807, 2.05) is 6.07 Å². The molecule has 3 heteroatoms. The number of nitrogens with zero attached hydrogens (tertiary/aromatic N) is 1. The van der Waals surface area contributed by atoms with E-state index in [1.165, 1.54) is 17.7 Å². The maximum atomic E-state index is 14.5. The minimum Gasteiger partial charge on any atom is -0.299 e. The van der Waals surface area contributed by atoms with Gasteiger partial charge in [0.2, 0.25) is 0 Å². The standard InChI is InChI=1S/C21H25F2N/c22-20-9-6-17(7-10-20)8-11-21(23)19-12-14-24(15-13-19)16-18-4-2-1-3-5-18/h1-7,9-10,19,21H,8,11-16H2. The molecular formula is C21H25F2N. The fraction of sp³-hybridized carbons (Fsp3) is 0.429. The highest BCUT2D eigenvalue weighted by atomic mass is 19.1. The number of alkyl halides is 1. The first-order valence-corrected chi connectivity index (χ1v) is 8.85. The molecule has 0 saturated carbocycles. The van der Waals surface area contributed by atoms with Crippen LogP contribution >= 0.6 is 0 Å². The lowest BCUT2D eigenvalue weighted by atomic mass is 9.89. The molecule has 1 unspecified atom stereocenters. The van der Waals surface area contributed by atoms with Crippen molar-refractivity contribution in [3.63, 3.8) is 0 Å². The van der Waals surface area contributed by atoms with E-state index in [1.54, 1.807) is 12.1 Å². The van der Waals surface area contributed by atoms with Crippen molar-refractivity contribution in [3.8, 4) is 0 Å². The maximum Gasteiger partial charge on any atom is 0.123 e. The van der Waals surface area contributed by atoms with Gasteiger partial charge < -0.3 is 0 Å². The van der Waals surface area contributed by atoms with Crippen molar-refractivity contribution in [1.82, 2.24) is 4.90 Å². The molecule has 0 spiro atoms. The van der Waals surface area contributed by atoms with Crippen molar-refractivity contribution in [3.05, 3.63) is 71.5 Å². The van der Waals surface area contributed by atoms with Gasteiger partial charge in [-0.2, -0.15) is 0 Å². The van der Waals surface area contributed by atoms with Gasteiger partial charge in [-0.05, 0) is 68.0 Å². The zero-order chi connectivity index (χ0) is 16.8. The van der Waals surface area contributed by atoms with Gasteiger partial charge in [0.25, 0.3) is 0 Å². The van der Waals surface area contributed by atoms with Gasteiger partial charge in [-0.1, -0.05) is 42.5 Å². The molecule has 0 N–H and O–H groups in total. The van der Waals surface area contributed by atoms with Crippen molar-refractivity contribution in [2.24, 2.45) is 5.92 Å². The van der Waals surface area contributed by atoms with Gasteiger partial charge in [0.05, 0.1) is 0 Å². The highest BCUT2D eigenvalue weighted by Gasteiger charge is 2.26. The third-order valence-corrected chi connectivity index (χ3v) is 5.01. The van der Waals surface area contributed by atoms with E-state index in [0.717, 1.165) is 38.0 Å². The van der Waals surface area contributed by atoms with E-state index >= 15 is 0 Å². The second-order valence-corrected chi connectivity index (χ2v) is 6.78. The Hall–Kier alpha value is -1.74. The van der Waals surface area contributed by atoms with Crippen molar-refractivity contribution < 1.29 is 8.78 Å². The Bertz CT molecular complexity index is 603. The number of halogens is 2. The summed E-state index contributed by atoms with van der Waals surface area (Å²) in [5.74, 6) is -0.0705. The predicted octanol–water partition coefficient (Wildman–Crippen LogP) is 5.01. The Morgan fingerprint density at radius 3 is 2.25 bits per heavy atom. The minimum atomic E-state index is -0.756. The molecule has 1 fully saturated rings. The van der Waals surface area contributed by atoms with Gasteiger partial charge in [-0.25, -0.2) is 8.78 Å². The average Bonchev–Trinajstić information content (AvgIpc) is 2.62. The topological polar surface area (TPSA) is 3.24 Å². The minimum absolute atomic E-state index is 0.164. The Kier molecular flexibility index (Phi) is 5.97. The van der Waals surface area contributed by atoms with Crippen LogP contribution in [0, 0.1) is 11.7 Å². The number of rotatable bonds is 6. The summed E-state index contributed by atoms with van der Waals surface area (Å²) in [6, 6.07) is 16.9. The average molecular weight is 329 g/mol. The second-order valence-electron chi connectivity index (χ2n) is 6.78. The molecule has 0 aromatic heterocycles. The lowest BCUT2D eigenvalue weighted by molar-refractivity contribution is 0.111. The monoisotopic (exact) mass is 329 g/mol. The Balaban J connectivity index is 1.41. The molecule has 3 rings (SSSR count). The first-order chi connectivity index (χ1) is 11.7. The first-order valence-electron chi connectivity index (χ1n) is 8.85. The number of hydrogen-bond acceptors (Lipinski definition) is 1. The largest absolute Gasteiger partial charge is 0.299 e. The number of likely N-dealkylation sites (tertiary alicyclic amines) is 1.